The molecule has 3 aromatic rings. The number of aryl methyl sites for hydroxylation is 1. The minimum Gasteiger partial charge on any atom is -0.444 e. The number of hydrogen-bond donors (Lipinski definition) is 0. The summed E-state index contributed by atoms with van der Waals surface area (Å²) in [5.74, 6) is 1.29. The van der Waals surface area contributed by atoms with Crippen LogP contribution in [0.25, 0.3) is 11.0 Å². The molecule has 0 atom stereocenters. The lowest BCUT2D eigenvalue weighted by atomic mass is 10.1. The molecule has 1 aromatic carbocycles. The highest BCUT2D eigenvalue weighted by Gasteiger charge is 2.35. The van der Waals surface area contributed by atoms with Crippen molar-refractivity contribution in [3.63, 3.8) is 0 Å². The molecule has 2 aromatic heterocycles. The Morgan fingerprint density at radius 2 is 2.05 bits per heavy atom. The van der Waals surface area contributed by atoms with Gasteiger partial charge < -0.3 is 13.9 Å². The molecule has 1 aliphatic heterocycles. The van der Waals surface area contributed by atoms with Gasteiger partial charge in [0.1, 0.15) is 5.82 Å². The Kier molecular flexibility index (Phi) is 3.07. The zero-order chi connectivity index (χ0) is 15.3. The number of nitrogens with zero attached hydrogens (tertiary/aromatic N) is 3. The van der Waals surface area contributed by atoms with E-state index in [1.165, 1.54) is 0 Å². The standard InChI is InChI=1S/C16H14BrN3O2/c1-10-18-12-4-2-3-5-13(12)20(10)11-8-19(9-11)16(21)14-6-7-15(17)22-14/h2-7,11H,8-9H2,1H3. The van der Waals surface area contributed by atoms with Crippen LogP contribution in [0.4, 0.5) is 0 Å². The lowest BCUT2D eigenvalue weighted by molar-refractivity contribution is 0.0490. The molecule has 6 heteroatoms. The largest absolute Gasteiger partial charge is 0.444 e. The number of furan rings is 1. The Morgan fingerprint density at radius 3 is 2.77 bits per heavy atom. The number of likely N-dealkylation sites (tertiary alicyclic amines) is 1. The summed E-state index contributed by atoms with van der Waals surface area (Å²) in [6.07, 6.45) is 0. The molecule has 0 N–H and O–H groups in total. The van der Waals surface area contributed by atoms with Crippen LogP contribution in [-0.2, 0) is 0 Å². The molecule has 0 spiro atoms. The van der Waals surface area contributed by atoms with Gasteiger partial charge in [0.05, 0.1) is 17.1 Å². The second kappa shape index (κ2) is 4.98. The van der Waals surface area contributed by atoms with Gasteiger partial charge in [-0.3, -0.25) is 4.79 Å². The zero-order valence-electron chi connectivity index (χ0n) is 12.0. The summed E-state index contributed by atoms with van der Waals surface area (Å²) >= 11 is 3.22. The second-order valence-electron chi connectivity index (χ2n) is 5.49. The Bertz CT molecular complexity index is 861. The maximum absolute atomic E-state index is 12.3. The van der Waals surface area contributed by atoms with E-state index in [1.54, 1.807) is 17.0 Å². The van der Waals surface area contributed by atoms with Gasteiger partial charge in [0.2, 0.25) is 0 Å². The topological polar surface area (TPSA) is 51.3 Å². The van der Waals surface area contributed by atoms with Crippen LogP contribution in [-0.4, -0.2) is 33.4 Å². The molecule has 0 bridgehead atoms. The van der Waals surface area contributed by atoms with Crippen molar-refractivity contribution in [1.82, 2.24) is 14.5 Å². The Balaban J connectivity index is 1.55. The summed E-state index contributed by atoms with van der Waals surface area (Å²) in [5, 5.41) is 0. The van der Waals surface area contributed by atoms with Crippen LogP contribution in [0, 0.1) is 6.92 Å². The maximum Gasteiger partial charge on any atom is 0.289 e. The number of carbonyl (C=O) groups is 1. The van der Waals surface area contributed by atoms with Crippen molar-refractivity contribution in [1.29, 1.82) is 0 Å². The fraction of sp³-hybridized carbons (Fsp3) is 0.250. The minimum absolute atomic E-state index is 0.0657. The average molecular weight is 360 g/mol. The van der Waals surface area contributed by atoms with Crippen molar-refractivity contribution in [2.75, 3.05) is 13.1 Å². The van der Waals surface area contributed by atoms with Crippen molar-refractivity contribution in [2.45, 2.75) is 13.0 Å². The normalized spacial score (nSPS) is 15.3. The Hall–Kier alpha value is -2.08. The van der Waals surface area contributed by atoms with E-state index in [0.29, 0.717) is 23.5 Å². The first-order valence-corrected chi connectivity index (χ1v) is 7.91. The highest BCUT2D eigenvalue weighted by Crippen LogP contribution is 2.29. The molecule has 0 saturated carbocycles. The van der Waals surface area contributed by atoms with Crippen molar-refractivity contribution in [2.24, 2.45) is 0 Å². The summed E-state index contributed by atoms with van der Waals surface area (Å²) in [4.78, 5) is 18.7. The fourth-order valence-electron chi connectivity index (χ4n) is 3.00. The van der Waals surface area contributed by atoms with Crippen molar-refractivity contribution < 1.29 is 9.21 Å². The molecule has 1 fully saturated rings. The molecule has 0 unspecified atom stereocenters. The number of para-hydroxylation sites is 2. The monoisotopic (exact) mass is 359 g/mol. The molecule has 0 aliphatic carbocycles. The number of rotatable bonds is 2. The first-order valence-electron chi connectivity index (χ1n) is 7.11. The summed E-state index contributed by atoms with van der Waals surface area (Å²) in [7, 11) is 0. The highest BCUT2D eigenvalue weighted by atomic mass is 79.9. The van der Waals surface area contributed by atoms with Gasteiger partial charge in [0.15, 0.2) is 10.4 Å². The van der Waals surface area contributed by atoms with Gasteiger partial charge in [-0.25, -0.2) is 4.98 Å². The van der Waals surface area contributed by atoms with E-state index in [4.69, 9.17) is 4.42 Å². The molecule has 1 amide bonds. The molecule has 3 heterocycles. The summed E-state index contributed by atoms with van der Waals surface area (Å²) in [6, 6.07) is 11.8. The first-order chi connectivity index (χ1) is 10.6. The number of benzene rings is 1. The highest BCUT2D eigenvalue weighted by molar-refractivity contribution is 9.10. The van der Waals surface area contributed by atoms with E-state index < -0.39 is 0 Å². The average Bonchev–Trinajstić information content (AvgIpc) is 3.01. The first kappa shape index (κ1) is 13.6. The van der Waals surface area contributed by atoms with Gasteiger partial charge in [-0.2, -0.15) is 0 Å². The Morgan fingerprint density at radius 1 is 1.27 bits per heavy atom. The maximum atomic E-state index is 12.3. The molecule has 4 rings (SSSR count). The van der Waals surface area contributed by atoms with Crippen LogP contribution in [0.2, 0.25) is 0 Å². The van der Waals surface area contributed by atoms with Gasteiger partial charge in [-0.1, -0.05) is 12.1 Å². The van der Waals surface area contributed by atoms with E-state index in [9.17, 15) is 4.79 Å². The minimum atomic E-state index is -0.0657. The number of aromatic nitrogens is 2. The van der Waals surface area contributed by atoms with E-state index in [1.807, 2.05) is 25.1 Å². The van der Waals surface area contributed by atoms with Crippen LogP contribution in [0.15, 0.2) is 45.5 Å². The van der Waals surface area contributed by atoms with E-state index in [-0.39, 0.29) is 11.9 Å². The number of imidazole rings is 1. The third kappa shape index (κ3) is 2.06. The van der Waals surface area contributed by atoms with Gasteiger partial charge in [0, 0.05) is 13.1 Å². The van der Waals surface area contributed by atoms with Crippen molar-refractivity contribution >= 4 is 32.9 Å². The smallest absolute Gasteiger partial charge is 0.289 e. The van der Waals surface area contributed by atoms with Gasteiger partial charge >= 0.3 is 0 Å². The predicted octanol–water partition coefficient (Wildman–Crippen LogP) is 3.40. The number of halogens is 1. The summed E-state index contributed by atoms with van der Waals surface area (Å²) in [5.41, 5.74) is 2.12. The summed E-state index contributed by atoms with van der Waals surface area (Å²) in [6.45, 7) is 3.37. The molecule has 0 radical (unpaired) electrons. The molecule has 1 saturated heterocycles. The third-order valence-corrected chi connectivity index (χ3v) is 4.50. The van der Waals surface area contributed by atoms with Crippen molar-refractivity contribution in [3.8, 4) is 0 Å². The van der Waals surface area contributed by atoms with Crippen LogP contribution in [0.3, 0.4) is 0 Å². The van der Waals surface area contributed by atoms with E-state index >= 15 is 0 Å². The number of amides is 1. The lowest BCUT2D eigenvalue weighted by Crippen LogP contribution is -2.50. The molecular formula is C16H14BrN3O2. The zero-order valence-corrected chi connectivity index (χ0v) is 13.6. The molecule has 5 nitrogen and oxygen atoms in total. The Labute approximate surface area is 135 Å². The van der Waals surface area contributed by atoms with E-state index in [2.05, 4.69) is 31.5 Å². The van der Waals surface area contributed by atoms with Gasteiger partial charge in [-0.15, -0.1) is 0 Å². The van der Waals surface area contributed by atoms with Crippen molar-refractivity contribution in [3.05, 3.63) is 52.7 Å². The summed E-state index contributed by atoms with van der Waals surface area (Å²) < 4.78 is 8.12. The molecule has 1 aliphatic rings. The molecule has 112 valence electrons. The number of hydrogen-bond acceptors (Lipinski definition) is 3. The number of fused-ring (bicyclic) bond motifs is 1. The quantitative estimate of drug-likeness (QED) is 0.704. The number of carbonyl (C=O) groups excluding carboxylic acids is 1. The van der Waals surface area contributed by atoms with Gasteiger partial charge in [-0.05, 0) is 47.1 Å². The van der Waals surface area contributed by atoms with Crippen LogP contribution in [0.5, 0.6) is 0 Å². The molecule has 22 heavy (non-hydrogen) atoms. The van der Waals surface area contributed by atoms with Gasteiger partial charge in [0.25, 0.3) is 5.91 Å². The second-order valence-corrected chi connectivity index (χ2v) is 6.27. The van der Waals surface area contributed by atoms with Crippen LogP contribution < -0.4 is 0 Å². The predicted molar refractivity (Wildman–Crippen MR) is 85.8 cm³/mol. The fourth-order valence-corrected chi connectivity index (χ4v) is 3.30. The van der Waals surface area contributed by atoms with E-state index in [0.717, 1.165) is 16.9 Å². The van der Waals surface area contributed by atoms with Crippen LogP contribution >= 0.6 is 15.9 Å². The lowest BCUT2D eigenvalue weighted by Gasteiger charge is -2.40. The van der Waals surface area contributed by atoms with Crippen LogP contribution in [0.1, 0.15) is 22.4 Å². The SMILES string of the molecule is Cc1nc2ccccc2n1C1CN(C(=O)c2ccc(Br)o2)C1. The third-order valence-electron chi connectivity index (χ3n) is 4.07. The molecular weight excluding hydrogens is 346 g/mol.